The molecule has 2 aromatic rings. The number of nitrogens with zero attached hydrogens (tertiary/aromatic N) is 1. The molecule has 0 fully saturated rings. The minimum Gasteiger partial charge on any atom is -0.256 e. The highest BCUT2D eigenvalue weighted by Crippen LogP contribution is 2.07. The smallest absolute Gasteiger partial charge is 0.0688 e. The number of hydrogen-bond donors (Lipinski definition) is 0. The normalized spacial score (nSPS) is 13.6. The Balaban J connectivity index is 2.36. The Morgan fingerprint density at radius 3 is 2.50 bits per heavy atom. The summed E-state index contributed by atoms with van der Waals surface area (Å²) in [5.41, 5.74) is 4.08. The van der Waals surface area contributed by atoms with E-state index < -0.39 is 0 Å². The molecule has 0 aliphatic rings. The third-order valence-corrected chi connectivity index (χ3v) is 3.93. The molecule has 0 aliphatic carbocycles. The van der Waals surface area contributed by atoms with Crippen LogP contribution >= 0.6 is 0 Å². The molecular weight excluding hydrogens is 266 g/mol. The number of benzene rings is 1. The van der Waals surface area contributed by atoms with Crippen molar-refractivity contribution in [1.82, 2.24) is 4.98 Å². The number of pyridine rings is 1. The number of aromatic nitrogens is 1. The first-order chi connectivity index (χ1) is 10.6. The average Bonchev–Trinajstić information content (AvgIpc) is 2.53. The van der Waals surface area contributed by atoms with Crippen molar-refractivity contribution in [3.05, 3.63) is 64.3 Å². The van der Waals surface area contributed by atoms with Crippen molar-refractivity contribution in [1.29, 1.82) is 0 Å². The molecule has 22 heavy (non-hydrogen) atoms. The van der Waals surface area contributed by atoms with Crippen molar-refractivity contribution in [2.24, 2.45) is 5.92 Å². The maximum absolute atomic E-state index is 4.75. The van der Waals surface area contributed by atoms with Gasteiger partial charge in [-0.3, -0.25) is 4.98 Å². The van der Waals surface area contributed by atoms with Gasteiger partial charge < -0.3 is 0 Å². The molecule has 1 heterocycles. The standard InChI is InChI=1S/C21H27N/c1-5-18-14-20(13-16(2)3)21(22-15-18)17(4)11-12-19-9-7-6-8-10-19/h6-10,13-16H,5,11-12H2,1-4H3/b20-13-,21-17-. The van der Waals surface area contributed by atoms with Gasteiger partial charge in [0.2, 0.25) is 0 Å². The Morgan fingerprint density at radius 1 is 1.14 bits per heavy atom. The predicted octanol–water partition coefficient (Wildman–Crippen LogP) is 3.88. The maximum Gasteiger partial charge on any atom is 0.0688 e. The second-order valence-corrected chi connectivity index (χ2v) is 6.31. The van der Waals surface area contributed by atoms with Crippen LogP contribution in [0.3, 0.4) is 0 Å². The van der Waals surface area contributed by atoms with Gasteiger partial charge in [-0.2, -0.15) is 0 Å². The van der Waals surface area contributed by atoms with Gasteiger partial charge in [0.15, 0.2) is 0 Å². The molecule has 0 amide bonds. The Bertz CT molecular complexity index is 711. The quantitative estimate of drug-likeness (QED) is 0.815. The van der Waals surface area contributed by atoms with Crippen molar-refractivity contribution in [3.63, 3.8) is 0 Å². The highest BCUT2D eigenvalue weighted by Gasteiger charge is 2.00. The van der Waals surface area contributed by atoms with Crippen LogP contribution in [0.5, 0.6) is 0 Å². The summed E-state index contributed by atoms with van der Waals surface area (Å²) in [7, 11) is 0. The van der Waals surface area contributed by atoms with Gasteiger partial charge in [0, 0.05) is 6.20 Å². The number of aryl methyl sites for hydroxylation is 2. The van der Waals surface area contributed by atoms with Crippen molar-refractivity contribution < 1.29 is 0 Å². The summed E-state index contributed by atoms with van der Waals surface area (Å²) >= 11 is 0. The molecule has 0 radical (unpaired) electrons. The van der Waals surface area contributed by atoms with E-state index >= 15 is 0 Å². The molecule has 1 aromatic carbocycles. The fourth-order valence-electron chi connectivity index (χ4n) is 2.66. The van der Waals surface area contributed by atoms with E-state index in [4.69, 9.17) is 4.98 Å². The lowest BCUT2D eigenvalue weighted by Crippen LogP contribution is -2.31. The summed E-state index contributed by atoms with van der Waals surface area (Å²) in [4.78, 5) is 4.75. The van der Waals surface area contributed by atoms with Crippen LogP contribution in [0.15, 0.2) is 42.6 Å². The first kappa shape index (κ1) is 16.5. The third-order valence-electron chi connectivity index (χ3n) is 3.93. The first-order valence-corrected chi connectivity index (χ1v) is 8.30. The molecule has 1 heteroatoms. The number of hydrogen-bond acceptors (Lipinski definition) is 1. The zero-order chi connectivity index (χ0) is 15.9. The van der Waals surface area contributed by atoms with E-state index in [0.29, 0.717) is 5.92 Å². The van der Waals surface area contributed by atoms with E-state index in [1.807, 2.05) is 6.20 Å². The van der Waals surface area contributed by atoms with E-state index in [1.54, 1.807) is 0 Å². The molecule has 0 aliphatic heterocycles. The first-order valence-electron chi connectivity index (χ1n) is 8.30. The lowest BCUT2D eigenvalue weighted by atomic mass is 10.0. The van der Waals surface area contributed by atoms with E-state index in [2.05, 4.69) is 70.2 Å². The topological polar surface area (TPSA) is 12.9 Å². The largest absolute Gasteiger partial charge is 0.256 e. The second-order valence-electron chi connectivity index (χ2n) is 6.31. The summed E-state index contributed by atoms with van der Waals surface area (Å²) in [5, 5.41) is 2.46. The lowest BCUT2D eigenvalue weighted by Gasteiger charge is -2.05. The molecule has 116 valence electrons. The van der Waals surface area contributed by atoms with Crippen molar-refractivity contribution in [2.75, 3.05) is 0 Å². The van der Waals surface area contributed by atoms with E-state index in [-0.39, 0.29) is 0 Å². The molecule has 0 unspecified atom stereocenters. The Hall–Kier alpha value is -1.89. The van der Waals surface area contributed by atoms with Gasteiger partial charge in [0.1, 0.15) is 0 Å². The summed E-state index contributed by atoms with van der Waals surface area (Å²) in [5.74, 6) is 0.537. The Kier molecular flexibility index (Phi) is 5.94. The minimum atomic E-state index is 0.537. The second kappa shape index (κ2) is 7.93. The molecule has 0 bridgehead atoms. The van der Waals surface area contributed by atoms with Gasteiger partial charge in [-0.25, -0.2) is 0 Å². The molecule has 0 saturated carbocycles. The highest BCUT2D eigenvalue weighted by atomic mass is 14.6. The Morgan fingerprint density at radius 2 is 1.86 bits per heavy atom. The van der Waals surface area contributed by atoms with Gasteiger partial charge in [-0.15, -0.1) is 0 Å². The van der Waals surface area contributed by atoms with Gasteiger partial charge in [-0.05, 0) is 60.1 Å². The van der Waals surface area contributed by atoms with Gasteiger partial charge in [0.25, 0.3) is 0 Å². The van der Waals surface area contributed by atoms with E-state index in [9.17, 15) is 0 Å². The molecule has 0 atom stereocenters. The molecule has 0 spiro atoms. The lowest BCUT2D eigenvalue weighted by molar-refractivity contribution is 0.877. The summed E-state index contributed by atoms with van der Waals surface area (Å²) < 4.78 is 0. The molecular formula is C21H27N. The fourth-order valence-corrected chi connectivity index (χ4v) is 2.66. The maximum atomic E-state index is 4.75. The molecule has 1 nitrogen and oxygen atoms in total. The Labute approximate surface area is 134 Å². The van der Waals surface area contributed by atoms with Crippen LogP contribution in [0, 0.1) is 5.92 Å². The molecule has 1 aromatic heterocycles. The molecule has 2 rings (SSSR count). The molecule has 0 saturated heterocycles. The van der Waals surface area contributed by atoms with Gasteiger partial charge in [-0.1, -0.05) is 57.2 Å². The third kappa shape index (κ3) is 4.56. The minimum absolute atomic E-state index is 0.537. The monoisotopic (exact) mass is 293 g/mol. The van der Waals surface area contributed by atoms with Crippen molar-refractivity contribution in [3.8, 4) is 0 Å². The SMILES string of the molecule is CCc1cnc(=C(/C)CCc2ccccc2)/c(=C\C(C)C)c1. The van der Waals surface area contributed by atoms with E-state index in [1.165, 1.54) is 27.3 Å². The van der Waals surface area contributed by atoms with Crippen LogP contribution in [-0.4, -0.2) is 4.98 Å². The van der Waals surface area contributed by atoms with Crippen LogP contribution in [0.2, 0.25) is 0 Å². The number of rotatable bonds is 5. The van der Waals surface area contributed by atoms with Crippen LogP contribution in [0.4, 0.5) is 0 Å². The summed E-state index contributed by atoms with van der Waals surface area (Å²) in [6.45, 7) is 8.85. The van der Waals surface area contributed by atoms with Crippen LogP contribution in [-0.2, 0) is 12.8 Å². The summed E-state index contributed by atoms with van der Waals surface area (Å²) in [6.07, 6.45) is 7.52. The zero-order valence-electron chi connectivity index (χ0n) is 14.3. The van der Waals surface area contributed by atoms with Crippen molar-refractivity contribution >= 4 is 11.6 Å². The van der Waals surface area contributed by atoms with E-state index in [0.717, 1.165) is 19.3 Å². The van der Waals surface area contributed by atoms with Crippen LogP contribution < -0.4 is 10.6 Å². The summed E-state index contributed by atoms with van der Waals surface area (Å²) in [6, 6.07) is 13.0. The predicted molar refractivity (Wildman–Crippen MR) is 96.0 cm³/mol. The molecule has 0 N–H and O–H groups in total. The van der Waals surface area contributed by atoms with Gasteiger partial charge in [0.05, 0.1) is 5.35 Å². The average molecular weight is 293 g/mol. The van der Waals surface area contributed by atoms with Crippen molar-refractivity contribution in [2.45, 2.75) is 47.0 Å². The fraction of sp³-hybridized carbons (Fsp3) is 0.381. The van der Waals surface area contributed by atoms with Crippen LogP contribution in [0.1, 0.15) is 45.2 Å². The van der Waals surface area contributed by atoms with Gasteiger partial charge >= 0.3 is 0 Å². The zero-order valence-corrected chi connectivity index (χ0v) is 14.3. The van der Waals surface area contributed by atoms with Crippen LogP contribution in [0.25, 0.3) is 11.6 Å². The highest BCUT2D eigenvalue weighted by molar-refractivity contribution is 5.43.